The highest BCUT2D eigenvalue weighted by Gasteiger charge is 2.24. The van der Waals surface area contributed by atoms with E-state index in [1.165, 1.54) is 23.9 Å². The van der Waals surface area contributed by atoms with Gasteiger partial charge in [-0.05, 0) is 62.7 Å². The van der Waals surface area contributed by atoms with Crippen molar-refractivity contribution in [3.63, 3.8) is 0 Å². The second-order valence-corrected chi connectivity index (χ2v) is 7.89. The lowest BCUT2D eigenvalue weighted by Crippen LogP contribution is -2.33. The van der Waals surface area contributed by atoms with Crippen LogP contribution in [0, 0.1) is 5.82 Å². The Labute approximate surface area is 145 Å². The van der Waals surface area contributed by atoms with E-state index < -0.39 is 0 Å². The summed E-state index contributed by atoms with van der Waals surface area (Å²) >= 11 is 1.31. The lowest BCUT2D eigenvalue weighted by Gasteiger charge is -2.21. The maximum absolute atomic E-state index is 13.0. The minimum atomic E-state index is -0.361. The van der Waals surface area contributed by atoms with Gasteiger partial charge in [-0.15, -0.1) is 5.10 Å². The molecule has 2 rings (SSSR count). The van der Waals surface area contributed by atoms with Gasteiger partial charge >= 0.3 is 0 Å². The van der Waals surface area contributed by atoms with Crippen LogP contribution in [0.4, 0.5) is 4.39 Å². The first-order valence-corrected chi connectivity index (χ1v) is 8.58. The van der Waals surface area contributed by atoms with Crippen LogP contribution in [0.15, 0.2) is 29.4 Å². The molecule has 0 aliphatic carbocycles. The molecule has 130 valence electrons. The van der Waals surface area contributed by atoms with E-state index in [1.54, 1.807) is 23.7 Å². The van der Waals surface area contributed by atoms with Crippen LogP contribution < -0.4 is 5.32 Å². The van der Waals surface area contributed by atoms with Crippen LogP contribution in [0.5, 0.6) is 0 Å². The first-order valence-electron chi connectivity index (χ1n) is 7.70. The number of rotatable bonds is 5. The zero-order chi connectivity index (χ0) is 17.9. The number of aromatic nitrogens is 4. The Morgan fingerprint density at radius 1 is 1.25 bits per heavy atom. The van der Waals surface area contributed by atoms with E-state index in [0.717, 1.165) is 5.56 Å². The summed E-state index contributed by atoms with van der Waals surface area (Å²) in [6.45, 7) is 9.65. The predicted octanol–water partition coefficient (Wildman–Crippen LogP) is 2.93. The Bertz CT molecular complexity index is 695. The van der Waals surface area contributed by atoms with Crippen LogP contribution in [0.2, 0.25) is 0 Å². The summed E-state index contributed by atoms with van der Waals surface area (Å²) in [5.41, 5.74) is 0.588. The van der Waals surface area contributed by atoms with E-state index in [2.05, 4.69) is 20.8 Å². The van der Waals surface area contributed by atoms with Crippen LogP contribution in [0.3, 0.4) is 0 Å². The highest BCUT2D eigenvalue weighted by atomic mass is 32.2. The number of nitrogens with zero attached hydrogens (tertiary/aromatic N) is 4. The van der Waals surface area contributed by atoms with E-state index in [1.807, 2.05) is 27.7 Å². The van der Waals surface area contributed by atoms with Gasteiger partial charge in [0.25, 0.3) is 0 Å². The second-order valence-electron chi connectivity index (χ2n) is 6.59. The van der Waals surface area contributed by atoms with E-state index in [9.17, 15) is 9.18 Å². The Hall–Kier alpha value is -1.96. The fourth-order valence-electron chi connectivity index (χ4n) is 2.05. The summed E-state index contributed by atoms with van der Waals surface area (Å²) in [5, 5.41) is 14.8. The normalized spacial score (nSPS) is 14.2. The van der Waals surface area contributed by atoms with Crippen molar-refractivity contribution >= 4 is 17.7 Å². The molecule has 0 aliphatic heterocycles. The van der Waals surface area contributed by atoms with Gasteiger partial charge in [0, 0.05) is 0 Å². The number of carbonyl (C=O) groups is 1. The van der Waals surface area contributed by atoms with Crippen LogP contribution in [0.25, 0.3) is 0 Å². The molecule has 8 heteroatoms. The number of amides is 1. The fourth-order valence-corrected chi connectivity index (χ4v) is 3.04. The molecular formula is C16H22FN5OS. The lowest BCUT2D eigenvalue weighted by atomic mass is 10.1. The third-order valence-electron chi connectivity index (χ3n) is 3.46. The first kappa shape index (κ1) is 18.4. The van der Waals surface area contributed by atoms with Gasteiger partial charge < -0.3 is 5.32 Å². The highest BCUT2D eigenvalue weighted by molar-refractivity contribution is 8.00. The summed E-state index contributed by atoms with van der Waals surface area (Å²) in [5.74, 6) is -0.421. The predicted molar refractivity (Wildman–Crippen MR) is 91.1 cm³/mol. The minimum Gasteiger partial charge on any atom is -0.349 e. The number of tetrazole rings is 1. The van der Waals surface area contributed by atoms with Crippen LogP contribution in [-0.2, 0) is 10.3 Å². The molecule has 0 unspecified atom stereocenters. The first-order chi connectivity index (χ1) is 11.2. The van der Waals surface area contributed by atoms with E-state index in [0.29, 0.717) is 5.16 Å². The summed E-state index contributed by atoms with van der Waals surface area (Å²) in [7, 11) is 0. The van der Waals surface area contributed by atoms with Crippen LogP contribution in [0.1, 0.15) is 46.2 Å². The number of hydrogen-bond acceptors (Lipinski definition) is 5. The number of carbonyl (C=O) groups excluding carboxylic acids is 1. The van der Waals surface area contributed by atoms with Crippen molar-refractivity contribution in [1.29, 1.82) is 0 Å². The molecule has 1 N–H and O–H groups in total. The molecule has 0 saturated carbocycles. The average Bonchev–Trinajstić information content (AvgIpc) is 2.96. The molecule has 24 heavy (non-hydrogen) atoms. The molecule has 1 aromatic heterocycles. The maximum Gasteiger partial charge on any atom is 0.233 e. The standard InChI is InChI=1S/C16H22FN5OS/c1-10(12-6-8-13(17)9-7-12)18-14(23)11(2)24-15-19-20-21-22(15)16(3,4)5/h6-11H,1-5H3,(H,18,23)/t10-,11-/m0/s1. The third-order valence-corrected chi connectivity index (χ3v) is 4.49. The summed E-state index contributed by atoms with van der Waals surface area (Å²) in [6, 6.07) is 5.89. The van der Waals surface area contributed by atoms with Crippen LogP contribution in [-0.4, -0.2) is 31.4 Å². The monoisotopic (exact) mass is 351 g/mol. The van der Waals surface area contributed by atoms with E-state index in [4.69, 9.17) is 0 Å². The molecule has 2 atom stereocenters. The van der Waals surface area contributed by atoms with Crippen LogP contribution >= 0.6 is 11.8 Å². The van der Waals surface area contributed by atoms with Crippen molar-refractivity contribution in [1.82, 2.24) is 25.5 Å². The van der Waals surface area contributed by atoms with Gasteiger partial charge in [0.05, 0.1) is 16.8 Å². The molecule has 1 heterocycles. The topological polar surface area (TPSA) is 72.7 Å². The summed E-state index contributed by atoms with van der Waals surface area (Å²) in [4.78, 5) is 12.4. The van der Waals surface area contributed by atoms with Gasteiger partial charge in [0.2, 0.25) is 11.1 Å². The SMILES string of the molecule is C[C@H](Sc1nnnn1C(C)(C)C)C(=O)N[C@@H](C)c1ccc(F)cc1. The molecule has 1 amide bonds. The molecule has 2 aromatic rings. The number of thioether (sulfide) groups is 1. The van der Waals surface area contributed by atoms with Gasteiger partial charge in [0.1, 0.15) is 5.82 Å². The molecule has 1 aromatic carbocycles. The molecule has 0 saturated heterocycles. The number of nitrogens with one attached hydrogen (secondary N) is 1. The van der Waals surface area contributed by atoms with Crippen molar-refractivity contribution in [3.05, 3.63) is 35.6 Å². The molecule has 0 bridgehead atoms. The third kappa shape index (κ3) is 4.53. The van der Waals surface area contributed by atoms with Gasteiger partial charge in [-0.2, -0.15) is 0 Å². The molecular weight excluding hydrogens is 329 g/mol. The zero-order valence-electron chi connectivity index (χ0n) is 14.4. The highest BCUT2D eigenvalue weighted by Crippen LogP contribution is 2.25. The number of halogens is 1. The number of benzene rings is 1. The fraction of sp³-hybridized carbons (Fsp3) is 0.500. The Morgan fingerprint density at radius 2 is 1.88 bits per heavy atom. The largest absolute Gasteiger partial charge is 0.349 e. The summed E-state index contributed by atoms with van der Waals surface area (Å²) in [6.07, 6.45) is 0. The van der Waals surface area contributed by atoms with Crippen molar-refractivity contribution in [2.45, 2.75) is 56.6 Å². The van der Waals surface area contributed by atoms with E-state index in [-0.39, 0.29) is 28.6 Å². The van der Waals surface area contributed by atoms with Crippen molar-refractivity contribution in [2.24, 2.45) is 0 Å². The molecule has 0 radical (unpaired) electrons. The molecule has 0 spiro atoms. The Kier molecular flexibility index (Phi) is 5.58. The van der Waals surface area contributed by atoms with Gasteiger partial charge in [0.15, 0.2) is 0 Å². The van der Waals surface area contributed by atoms with Crippen molar-refractivity contribution in [2.75, 3.05) is 0 Å². The quantitative estimate of drug-likeness (QED) is 0.839. The van der Waals surface area contributed by atoms with Crippen molar-refractivity contribution < 1.29 is 9.18 Å². The molecule has 0 fully saturated rings. The van der Waals surface area contributed by atoms with Gasteiger partial charge in [-0.3, -0.25) is 4.79 Å². The number of hydrogen-bond donors (Lipinski definition) is 1. The zero-order valence-corrected chi connectivity index (χ0v) is 15.3. The molecule has 0 aliphatic rings. The lowest BCUT2D eigenvalue weighted by molar-refractivity contribution is -0.120. The average molecular weight is 351 g/mol. The Balaban J connectivity index is 2.00. The van der Waals surface area contributed by atoms with Gasteiger partial charge in [-0.1, -0.05) is 23.9 Å². The Morgan fingerprint density at radius 3 is 2.46 bits per heavy atom. The second kappa shape index (κ2) is 7.29. The summed E-state index contributed by atoms with van der Waals surface area (Å²) < 4.78 is 14.7. The van der Waals surface area contributed by atoms with E-state index >= 15 is 0 Å². The minimum absolute atomic E-state index is 0.125. The van der Waals surface area contributed by atoms with Crippen molar-refractivity contribution in [3.8, 4) is 0 Å². The maximum atomic E-state index is 13.0. The smallest absolute Gasteiger partial charge is 0.233 e. The molecule has 6 nitrogen and oxygen atoms in total. The van der Waals surface area contributed by atoms with Gasteiger partial charge in [-0.25, -0.2) is 9.07 Å².